The van der Waals surface area contributed by atoms with Crippen molar-refractivity contribution in [3.63, 3.8) is 0 Å². The van der Waals surface area contributed by atoms with Gasteiger partial charge in [0.1, 0.15) is 11.4 Å². The van der Waals surface area contributed by atoms with Crippen molar-refractivity contribution in [3.05, 3.63) is 77.6 Å². The van der Waals surface area contributed by atoms with Gasteiger partial charge in [0.2, 0.25) is 0 Å². The monoisotopic (exact) mass is 374 g/mol. The summed E-state index contributed by atoms with van der Waals surface area (Å²) in [6.07, 6.45) is 4.68. The number of nitrogens with zero attached hydrogens (tertiary/aromatic N) is 2. The zero-order valence-corrected chi connectivity index (χ0v) is 15.6. The SMILES string of the molecule is CCc1ccc(-c2nn(-c3ccccc3)cc2/C=C2\NC(=S)NC2=O)cc1. The van der Waals surface area contributed by atoms with Crippen molar-refractivity contribution in [3.8, 4) is 16.9 Å². The molecule has 1 fully saturated rings. The first-order valence-electron chi connectivity index (χ1n) is 8.72. The molecule has 3 aromatic rings. The van der Waals surface area contributed by atoms with E-state index in [9.17, 15) is 4.79 Å². The molecule has 134 valence electrons. The van der Waals surface area contributed by atoms with Crippen molar-refractivity contribution in [2.75, 3.05) is 0 Å². The highest BCUT2D eigenvalue weighted by atomic mass is 32.1. The van der Waals surface area contributed by atoms with Gasteiger partial charge in [-0.15, -0.1) is 0 Å². The van der Waals surface area contributed by atoms with Gasteiger partial charge < -0.3 is 5.32 Å². The first-order chi connectivity index (χ1) is 13.1. The fourth-order valence-electron chi connectivity index (χ4n) is 2.97. The quantitative estimate of drug-likeness (QED) is 0.542. The van der Waals surface area contributed by atoms with Crippen LogP contribution < -0.4 is 10.6 Å². The maximum Gasteiger partial charge on any atom is 0.273 e. The number of hydrogen-bond acceptors (Lipinski definition) is 3. The van der Waals surface area contributed by atoms with Crippen LogP contribution in [0.2, 0.25) is 0 Å². The van der Waals surface area contributed by atoms with Gasteiger partial charge in [-0.2, -0.15) is 5.10 Å². The third-order valence-electron chi connectivity index (χ3n) is 4.42. The summed E-state index contributed by atoms with van der Waals surface area (Å²) in [6, 6.07) is 18.2. The summed E-state index contributed by atoms with van der Waals surface area (Å²) in [5.41, 5.74) is 5.27. The molecule has 0 atom stereocenters. The molecule has 4 rings (SSSR count). The van der Waals surface area contributed by atoms with Gasteiger partial charge in [-0.05, 0) is 42.4 Å². The molecule has 1 aliphatic heterocycles. The third-order valence-corrected chi connectivity index (χ3v) is 4.62. The van der Waals surface area contributed by atoms with Crippen LogP contribution >= 0.6 is 12.2 Å². The first-order valence-corrected chi connectivity index (χ1v) is 9.13. The fraction of sp³-hybridized carbons (Fsp3) is 0.0952. The Morgan fingerprint density at radius 1 is 1.07 bits per heavy atom. The van der Waals surface area contributed by atoms with Crippen LogP contribution in [0.1, 0.15) is 18.1 Å². The molecule has 0 saturated carbocycles. The average Bonchev–Trinajstić information content (AvgIpc) is 3.25. The summed E-state index contributed by atoms with van der Waals surface area (Å²) in [6.45, 7) is 2.13. The van der Waals surface area contributed by atoms with Crippen molar-refractivity contribution in [2.24, 2.45) is 0 Å². The predicted octanol–water partition coefficient (Wildman–Crippen LogP) is 3.45. The average molecular weight is 374 g/mol. The van der Waals surface area contributed by atoms with E-state index in [4.69, 9.17) is 17.3 Å². The largest absolute Gasteiger partial charge is 0.328 e. The van der Waals surface area contributed by atoms with Crippen molar-refractivity contribution >= 4 is 29.3 Å². The summed E-state index contributed by atoms with van der Waals surface area (Å²) in [7, 11) is 0. The minimum absolute atomic E-state index is 0.236. The highest BCUT2D eigenvalue weighted by Gasteiger charge is 2.21. The second kappa shape index (κ2) is 7.17. The first kappa shape index (κ1) is 17.2. The highest BCUT2D eigenvalue weighted by Crippen LogP contribution is 2.26. The van der Waals surface area contributed by atoms with Crippen molar-refractivity contribution in [1.82, 2.24) is 20.4 Å². The molecule has 1 aromatic heterocycles. The Labute approximate surface area is 162 Å². The summed E-state index contributed by atoms with van der Waals surface area (Å²) in [5.74, 6) is -0.236. The summed E-state index contributed by atoms with van der Waals surface area (Å²) in [4.78, 5) is 12.0. The predicted molar refractivity (Wildman–Crippen MR) is 110 cm³/mol. The van der Waals surface area contributed by atoms with Crippen molar-refractivity contribution in [2.45, 2.75) is 13.3 Å². The molecule has 0 bridgehead atoms. The van der Waals surface area contributed by atoms with Gasteiger partial charge in [-0.25, -0.2) is 4.68 Å². The van der Waals surface area contributed by atoms with E-state index in [1.54, 1.807) is 6.08 Å². The van der Waals surface area contributed by atoms with Crippen LogP contribution in [0.3, 0.4) is 0 Å². The van der Waals surface area contributed by atoms with Gasteiger partial charge in [-0.1, -0.05) is 49.4 Å². The Balaban J connectivity index is 1.82. The zero-order valence-electron chi connectivity index (χ0n) is 14.8. The number of aromatic nitrogens is 2. The van der Waals surface area contributed by atoms with Crippen LogP contribution in [0.25, 0.3) is 23.0 Å². The zero-order chi connectivity index (χ0) is 18.8. The van der Waals surface area contributed by atoms with Gasteiger partial charge in [0.05, 0.1) is 5.69 Å². The minimum atomic E-state index is -0.236. The molecule has 2 aromatic carbocycles. The van der Waals surface area contributed by atoms with E-state index in [1.807, 2.05) is 41.2 Å². The molecule has 0 aliphatic carbocycles. The van der Waals surface area contributed by atoms with Gasteiger partial charge in [0.25, 0.3) is 5.91 Å². The number of thiocarbonyl (C=S) groups is 1. The molecule has 1 saturated heterocycles. The van der Waals surface area contributed by atoms with Gasteiger partial charge >= 0.3 is 0 Å². The van der Waals surface area contributed by atoms with Gasteiger partial charge in [0, 0.05) is 17.3 Å². The Bertz CT molecular complexity index is 1040. The Kier molecular flexibility index (Phi) is 4.56. The Morgan fingerprint density at radius 3 is 2.44 bits per heavy atom. The second-order valence-corrected chi connectivity index (χ2v) is 6.64. The van der Waals surface area contributed by atoms with E-state index >= 15 is 0 Å². The molecule has 2 heterocycles. The molecule has 27 heavy (non-hydrogen) atoms. The number of para-hydroxylation sites is 1. The van der Waals surface area contributed by atoms with Crippen LogP contribution in [-0.2, 0) is 11.2 Å². The molecule has 1 amide bonds. The smallest absolute Gasteiger partial charge is 0.273 e. The summed E-state index contributed by atoms with van der Waals surface area (Å²) in [5, 5.41) is 10.6. The van der Waals surface area contributed by atoms with E-state index in [1.165, 1.54) is 5.56 Å². The molecule has 1 aliphatic rings. The number of nitrogens with one attached hydrogen (secondary N) is 2. The topological polar surface area (TPSA) is 59.0 Å². The van der Waals surface area contributed by atoms with E-state index in [2.05, 4.69) is 41.8 Å². The molecule has 2 N–H and O–H groups in total. The maximum atomic E-state index is 12.0. The number of amides is 1. The standard InChI is InChI=1S/C21H18N4OS/c1-2-14-8-10-15(11-9-14)19-16(12-18-20(26)23-21(27)22-18)13-25(24-19)17-6-4-3-5-7-17/h3-13H,2H2,1H3,(H2,22,23,26,27)/b18-12-. The van der Waals surface area contributed by atoms with Crippen LogP contribution in [0.15, 0.2) is 66.5 Å². The lowest BCUT2D eigenvalue weighted by molar-refractivity contribution is -0.115. The fourth-order valence-corrected chi connectivity index (χ4v) is 3.17. The normalized spacial score (nSPS) is 15.1. The van der Waals surface area contributed by atoms with E-state index < -0.39 is 0 Å². The summed E-state index contributed by atoms with van der Waals surface area (Å²) < 4.78 is 1.82. The third kappa shape index (κ3) is 3.52. The minimum Gasteiger partial charge on any atom is -0.328 e. The summed E-state index contributed by atoms with van der Waals surface area (Å²) >= 11 is 5.02. The van der Waals surface area contributed by atoms with E-state index in [-0.39, 0.29) is 5.91 Å². The van der Waals surface area contributed by atoms with Crippen molar-refractivity contribution in [1.29, 1.82) is 0 Å². The lowest BCUT2D eigenvalue weighted by Crippen LogP contribution is -2.21. The molecular formula is C21H18N4OS. The molecule has 5 nitrogen and oxygen atoms in total. The van der Waals surface area contributed by atoms with Gasteiger partial charge in [-0.3, -0.25) is 10.1 Å². The maximum absolute atomic E-state index is 12.0. The Hall–Kier alpha value is -3.25. The number of aryl methyl sites for hydroxylation is 1. The van der Waals surface area contributed by atoms with Crippen LogP contribution in [-0.4, -0.2) is 20.8 Å². The molecule has 0 spiro atoms. The lowest BCUT2D eigenvalue weighted by Gasteiger charge is -2.02. The van der Waals surface area contributed by atoms with Crippen LogP contribution in [0, 0.1) is 0 Å². The van der Waals surface area contributed by atoms with Crippen LogP contribution in [0.4, 0.5) is 0 Å². The second-order valence-electron chi connectivity index (χ2n) is 6.23. The van der Waals surface area contributed by atoms with E-state index in [0.29, 0.717) is 10.8 Å². The molecular weight excluding hydrogens is 356 g/mol. The highest BCUT2D eigenvalue weighted by molar-refractivity contribution is 7.80. The number of hydrogen-bond donors (Lipinski definition) is 2. The molecule has 0 unspecified atom stereocenters. The van der Waals surface area contributed by atoms with Gasteiger partial charge in [0.15, 0.2) is 5.11 Å². The number of carbonyl (C=O) groups is 1. The Morgan fingerprint density at radius 2 is 1.81 bits per heavy atom. The van der Waals surface area contributed by atoms with E-state index in [0.717, 1.165) is 28.9 Å². The van der Waals surface area contributed by atoms with Crippen molar-refractivity contribution < 1.29 is 4.79 Å². The number of benzene rings is 2. The molecule has 0 radical (unpaired) electrons. The number of rotatable bonds is 4. The number of carbonyl (C=O) groups excluding carboxylic acids is 1. The van der Waals surface area contributed by atoms with Crippen LogP contribution in [0.5, 0.6) is 0 Å². The molecule has 6 heteroatoms. The lowest BCUT2D eigenvalue weighted by atomic mass is 10.0.